The number of rotatable bonds is 5. The maximum absolute atomic E-state index is 11.6. The molecule has 1 saturated carbocycles. The fourth-order valence-corrected chi connectivity index (χ4v) is 2.16. The van der Waals surface area contributed by atoms with E-state index >= 15 is 0 Å². The molecule has 2 unspecified atom stereocenters. The van der Waals surface area contributed by atoms with Crippen molar-refractivity contribution in [2.24, 2.45) is 11.7 Å². The van der Waals surface area contributed by atoms with E-state index in [0.29, 0.717) is 5.92 Å². The highest BCUT2D eigenvalue weighted by atomic mass is 16.5. The van der Waals surface area contributed by atoms with Crippen LogP contribution in [0.2, 0.25) is 0 Å². The molecule has 2 atom stereocenters. The van der Waals surface area contributed by atoms with Gasteiger partial charge in [-0.05, 0) is 25.7 Å². The van der Waals surface area contributed by atoms with Crippen molar-refractivity contribution in [3.05, 3.63) is 0 Å². The van der Waals surface area contributed by atoms with E-state index in [2.05, 4.69) is 12.2 Å². The summed E-state index contributed by atoms with van der Waals surface area (Å²) in [4.78, 5) is 11.6. The third-order valence-corrected chi connectivity index (χ3v) is 3.16. The number of amides is 1. The fraction of sp³-hybridized carbons (Fsp3) is 0.909. The van der Waals surface area contributed by atoms with Crippen molar-refractivity contribution < 1.29 is 9.53 Å². The van der Waals surface area contributed by atoms with Gasteiger partial charge >= 0.3 is 0 Å². The molecule has 0 aliphatic heterocycles. The van der Waals surface area contributed by atoms with Gasteiger partial charge in [-0.1, -0.05) is 12.8 Å². The highest BCUT2D eigenvalue weighted by molar-refractivity contribution is 5.81. The van der Waals surface area contributed by atoms with Crippen LogP contribution in [0.5, 0.6) is 0 Å². The second kappa shape index (κ2) is 6.08. The smallest absolute Gasteiger partial charge is 0.239 e. The van der Waals surface area contributed by atoms with Crippen LogP contribution < -0.4 is 11.1 Å². The summed E-state index contributed by atoms with van der Waals surface area (Å²) in [5.74, 6) is 0.528. The molecule has 1 aliphatic carbocycles. The van der Waals surface area contributed by atoms with E-state index in [1.54, 1.807) is 7.11 Å². The molecule has 15 heavy (non-hydrogen) atoms. The summed E-state index contributed by atoms with van der Waals surface area (Å²) >= 11 is 0. The van der Waals surface area contributed by atoms with Gasteiger partial charge in [0.1, 0.15) is 6.04 Å². The quantitative estimate of drug-likeness (QED) is 0.706. The van der Waals surface area contributed by atoms with Gasteiger partial charge in [0, 0.05) is 13.2 Å². The summed E-state index contributed by atoms with van der Waals surface area (Å²) in [6.45, 7) is 2.34. The number of hydrogen-bond donors (Lipinski definition) is 2. The normalized spacial score (nSPS) is 21.3. The lowest BCUT2D eigenvalue weighted by molar-refractivity contribution is -0.124. The molecule has 0 saturated heterocycles. The minimum Gasteiger partial charge on any atom is -0.383 e. The van der Waals surface area contributed by atoms with Crippen LogP contribution in [0.15, 0.2) is 0 Å². The molecular formula is C11H22N2O2. The van der Waals surface area contributed by atoms with Gasteiger partial charge in [0.2, 0.25) is 5.91 Å². The molecule has 0 spiro atoms. The van der Waals surface area contributed by atoms with Crippen LogP contribution in [0, 0.1) is 5.92 Å². The molecule has 4 nitrogen and oxygen atoms in total. The van der Waals surface area contributed by atoms with Gasteiger partial charge in [-0.2, -0.15) is 0 Å². The van der Waals surface area contributed by atoms with E-state index in [0.717, 1.165) is 0 Å². The third-order valence-electron chi connectivity index (χ3n) is 3.16. The van der Waals surface area contributed by atoms with E-state index in [1.807, 2.05) is 0 Å². The average Bonchev–Trinajstić information content (AvgIpc) is 2.70. The first-order valence-electron chi connectivity index (χ1n) is 5.70. The van der Waals surface area contributed by atoms with Crippen molar-refractivity contribution in [3.63, 3.8) is 0 Å². The third kappa shape index (κ3) is 3.80. The Bertz CT molecular complexity index is 203. The van der Waals surface area contributed by atoms with Gasteiger partial charge in [0.15, 0.2) is 0 Å². The number of carbonyl (C=O) groups excluding carboxylic acids is 1. The van der Waals surface area contributed by atoms with Crippen LogP contribution in [-0.2, 0) is 9.53 Å². The molecule has 0 aromatic carbocycles. The minimum absolute atomic E-state index is 0.101. The summed E-state index contributed by atoms with van der Waals surface area (Å²) in [5.41, 5.74) is 5.64. The number of ether oxygens (including phenoxy) is 1. The molecule has 88 valence electrons. The fourth-order valence-electron chi connectivity index (χ4n) is 2.16. The Hall–Kier alpha value is -0.610. The molecule has 0 aromatic rings. The average molecular weight is 214 g/mol. The van der Waals surface area contributed by atoms with Crippen molar-refractivity contribution in [1.82, 2.24) is 5.32 Å². The minimum atomic E-state index is -0.543. The zero-order valence-corrected chi connectivity index (χ0v) is 9.66. The van der Waals surface area contributed by atoms with Gasteiger partial charge in [-0.15, -0.1) is 0 Å². The van der Waals surface area contributed by atoms with Crippen molar-refractivity contribution in [3.8, 4) is 0 Å². The number of carbonyl (C=O) groups is 1. The Balaban J connectivity index is 2.29. The first-order chi connectivity index (χ1) is 7.15. The Morgan fingerprint density at radius 2 is 2.13 bits per heavy atom. The summed E-state index contributed by atoms with van der Waals surface area (Å²) in [5, 5.41) is 2.96. The monoisotopic (exact) mass is 214 g/mol. The summed E-state index contributed by atoms with van der Waals surface area (Å²) in [6, 6.07) is -0.304. The lowest BCUT2D eigenvalue weighted by Crippen LogP contribution is -2.48. The van der Waals surface area contributed by atoms with Crippen molar-refractivity contribution in [1.29, 1.82) is 0 Å². The van der Waals surface area contributed by atoms with Gasteiger partial charge in [0.25, 0.3) is 0 Å². The van der Waals surface area contributed by atoms with Crippen LogP contribution in [-0.4, -0.2) is 31.7 Å². The molecule has 1 aliphatic rings. The first kappa shape index (κ1) is 12.5. The number of hydrogen-bond acceptors (Lipinski definition) is 3. The second-order valence-electron chi connectivity index (χ2n) is 4.40. The second-order valence-corrected chi connectivity index (χ2v) is 4.40. The lowest BCUT2D eigenvalue weighted by Gasteiger charge is -2.22. The SMILES string of the molecule is COCC(N)C(=O)NC(C)C1CCCC1. The first-order valence-corrected chi connectivity index (χ1v) is 5.70. The highest BCUT2D eigenvalue weighted by Gasteiger charge is 2.24. The van der Waals surface area contributed by atoms with Crippen LogP contribution in [0.3, 0.4) is 0 Å². The highest BCUT2D eigenvalue weighted by Crippen LogP contribution is 2.27. The van der Waals surface area contributed by atoms with E-state index in [-0.39, 0.29) is 18.6 Å². The molecule has 3 N–H and O–H groups in total. The zero-order chi connectivity index (χ0) is 11.3. The Morgan fingerprint density at radius 3 is 2.67 bits per heavy atom. The molecule has 0 aromatic heterocycles. The van der Waals surface area contributed by atoms with E-state index in [9.17, 15) is 4.79 Å². The van der Waals surface area contributed by atoms with Gasteiger partial charge in [-0.25, -0.2) is 0 Å². The predicted octanol–water partition coefficient (Wildman–Crippen LogP) is 0.655. The predicted molar refractivity (Wildman–Crippen MR) is 59.4 cm³/mol. The molecule has 4 heteroatoms. The van der Waals surface area contributed by atoms with E-state index in [1.165, 1.54) is 25.7 Å². The van der Waals surface area contributed by atoms with Crippen LogP contribution in [0.1, 0.15) is 32.6 Å². The van der Waals surface area contributed by atoms with E-state index in [4.69, 9.17) is 10.5 Å². The maximum Gasteiger partial charge on any atom is 0.239 e. The van der Waals surface area contributed by atoms with Gasteiger partial charge in [0.05, 0.1) is 6.61 Å². The molecule has 0 bridgehead atoms. The lowest BCUT2D eigenvalue weighted by atomic mass is 9.99. The Kier molecular flexibility index (Phi) is 5.05. The maximum atomic E-state index is 11.6. The summed E-state index contributed by atoms with van der Waals surface area (Å²) in [7, 11) is 1.55. The van der Waals surface area contributed by atoms with Gasteiger partial charge < -0.3 is 15.8 Å². The van der Waals surface area contributed by atoms with Crippen molar-refractivity contribution in [2.45, 2.75) is 44.7 Å². The molecule has 1 rings (SSSR count). The number of nitrogens with two attached hydrogens (primary N) is 1. The van der Waals surface area contributed by atoms with Gasteiger partial charge in [-0.3, -0.25) is 4.79 Å². The number of methoxy groups -OCH3 is 1. The summed E-state index contributed by atoms with van der Waals surface area (Å²) in [6.07, 6.45) is 5.02. The van der Waals surface area contributed by atoms with Crippen molar-refractivity contribution >= 4 is 5.91 Å². The van der Waals surface area contributed by atoms with Crippen LogP contribution in [0.25, 0.3) is 0 Å². The molecular weight excluding hydrogens is 192 g/mol. The Morgan fingerprint density at radius 1 is 1.53 bits per heavy atom. The topological polar surface area (TPSA) is 64.3 Å². The van der Waals surface area contributed by atoms with Crippen molar-refractivity contribution in [2.75, 3.05) is 13.7 Å². The largest absolute Gasteiger partial charge is 0.383 e. The Labute approximate surface area is 91.5 Å². The summed E-state index contributed by atoms with van der Waals surface area (Å²) < 4.78 is 4.85. The molecule has 1 fully saturated rings. The standard InChI is InChI=1S/C11H22N2O2/c1-8(9-5-3-4-6-9)13-11(14)10(12)7-15-2/h8-10H,3-7,12H2,1-2H3,(H,13,14). The molecule has 0 heterocycles. The van der Waals surface area contributed by atoms with E-state index < -0.39 is 6.04 Å². The molecule has 0 radical (unpaired) electrons. The molecule has 1 amide bonds. The zero-order valence-electron chi connectivity index (χ0n) is 9.66. The van der Waals surface area contributed by atoms with Crippen LogP contribution >= 0.6 is 0 Å². The number of nitrogens with one attached hydrogen (secondary N) is 1. The van der Waals surface area contributed by atoms with Crippen LogP contribution in [0.4, 0.5) is 0 Å².